The molecule has 0 aromatic carbocycles. The maximum atomic E-state index is 13.3. The summed E-state index contributed by atoms with van der Waals surface area (Å²) in [6.07, 6.45) is 3.45. The molecule has 2 heterocycles. The van der Waals surface area contributed by atoms with Crippen molar-refractivity contribution >= 4 is 47.6 Å². The number of fused-ring (bicyclic) bond motifs is 1. The number of aromatic nitrogens is 2. The first-order chi connectivity index (χ1) is 7.19. The Bertz CT molecular complexity index is 540. The number of carbonyl (C=O) groups is 1. The summed E-state index contributed by atoms with van der Waals surface area (Å²) in [6.45, 7) is 1.83. The van der Waals surface area contributed by atoms with Crippen LogP contribution in [0.15, 0.2) is 12.4 Å². The Balaban J connectivity index is 2.92. The zero-order valence-corrected chi connectivity index (χ0v) is 10.7. The van der Waals surface area contributed by atoms with Gasteiger partial charge in [-0.25, -0.2) is 9.37 Å². The molecule has 0 aliphatic rings. The quantitative estimate of drug-likeness (QED) is 0.624. The normalized spacial score (nSPS) is 10.9. The van der Waals surface area contributed by atoms with Crippen LogP contribution in [-0.2, 0) is 0 Å². The molecule has 15 heavy (non-hydrogen) atoms. The molecular formula is C9H6FIN2OS. The van der Waals surface area contributed by atoms with Crippen molar-refractivity contribution in [3.63, 3.8) is 0 Å². The Kier molecular flexibility index (Phi) is 2.96. The van der Waals surface area contributed by atoms with Crippen molar-refractivity contribution in [2.24, 2.45) is 0 Å². The highest BCUT2D eigenvalue weighted by Crippen LogP contribution is 2.29. The van der Waals surface area contributed by atoms with Crippen LogP contribution < -0.4 is 0 Å². The summed E-state index contributed by atoms with van der Waals surface area (Å²) in [5.41, 5.74) is 1.56. The van der Waals surface area contributed by atoms with Gasteiger partial charge in [0.15, 0.2) is 17.8 Å². The van der Waals surface area contributed by atoms with Crippen molar-refractivity contribution < 1.29 is 9.18 Å². The number of aldehydes is 1. The largest absolute Gasteiger partial charge is 0.298 e. The second kappa shape index (κ2) is 4.09. The van der Waals surface area contributed by atoms with E-state index in [1.807, 2.05) is 13.1 Å². The number of nitrogens with zero attached hydrogens (tertiary/aromatic N) is 2. The van der Waals surface area contributed by atoms with Gasteiger partial charge in [-0.2, -0.15) is 0 Å². The van der Waals surface area contributed by atoms with Crippen LogP contribution in [0.1, 0.15) is 15.9 Å². The minimum atomic E-state index is -0.572. The fourth-order valence-electron chi connectivity index (χ4n) is 1.52. The summed E-state index contributed by atoms with van der Waals surface area (Å²) in [4.78, 5) is 14.8. The third-order valence-corrected chi connectivity index (χ3v) is 3.86. The summed E-state index contributed by atoms with van der Waals surface area (Å²) < 4.78 is 15.1. The van der Waals surface area contributed by atoms with Gasteiger partial charge >= 0.3 is 0 Å². The molecule has 0 spiro atoms. The highest BCUT2D eigenvalue weighted by molar-refractivity contribution is 14.2. The predicted octanol–water partition coefficient (Wildman–Crippen LogP) is 3.14. The lowest BCUT2D eigenvalue weighted by Gasteiger charge is -1.99. The van der Waals surface area contributed by atoms with E-state index in [4.69, 9.17) is 0 Å². The molecular weight excluding hydrogens is 330 g/mol. The summed E-state index contributed by atoms with van der Waals surface area (Å²) in [5, 5.41) is 0.592. The van der Waals surface area contributed by atoms with Gasteiger partial charge in [0, 0.05) is 41.9 Å². The molecule has 0 atom stereocenters. The zero-order valence-electron chi connectivity index (χ0n) is 7.70. The van der Waals surface area contributed by atoms with Gasteiger partial charge in [0.1, 0.15) is 0 Å². The van der Waals surface area contributed by atoms with Crippen molar-refractivity contribution in [2.45, 2.75) is 6.92 Å². The lowest BCUT2D eigenvalue weighted by molar-refractivity contribution is 0.112. The molecule has 0 N–H and O–H groups in total. The van der Waals surface area contributed by atoms with E-state index in [1.165, 1.54) is 9.12 Å². The molecule has 0 aliphatic heterocycles. The van der Waals surface area contributed by atoms with Gasteiger partial charge < -0.3 is 0 Å². The number of hydrogen-bond donors (Lipinski definition) is 0. The van der Waals surface area contributed by atoms with Gasteiger partial charge in [-0.1, -0.05) is 0 Å². The summed E-state index contributed by atoms with van der Waals surface area (Å²) in [6, 6.07) is 0. The van der Waals surface area contributed by atoms with Gasteiger partial charge in [0.05, 0.1) is 11.8 Å². The molecule has 2 aromatic heterocycles. The van der Waals surface area contributed by atoms with Gasteiger partial charge in [-0.15, -0.1) is 0 Å². The van der Waals surface area contributed by atoms with Crippen molar-refractivity contribution in [1.82, 2.24) is 8.96 Å². The molecule has 0 unspecified atom stereocenters. The molecule has 2 rings (SSSR count). The van der Waals surface area contributed by atoms with E-state index >= 15 is 0 Å². The zero-order chi connectivity index (χ0) is 11.0. The Morgan fingerprint density at radius 2 is 2.40 bits per heavy atom. The maximum Gasteiger partial charge on any atom is 0.153 e. The molecule has 3 nitrogen and oxygen atoms in total. The first-order valence-corrected chi connectivity index (χ1v) is 7.41. The van der Waals surface area contributed by atoms with E-state index in [2.05, 4.69) is 26.2 Å². The predicted molar refractivity (Wildman–Crippen MR) is 66.8 cm³/mol. The minimum absolute atomic E-state index is 0.0849. The fraction of sp³-hybridized carbons (Fsp3) is 0.111. The molecule has 0 saturated heterocycles. The van der Waals surface area contributed by atoms with E-state index in [1.54, 1.807) is 3.97 Å². The molecule has 6 heteroatoms. The van der Waals surface area contributed by atoms with E-state index in [-0.39, 0.29) is 5.56 Å². The summed E-state index contributed by atoms with van der Waals surface area (Å²) >= 11 is 2.10. The Morgan fingerprint density at radius 1 is 1.67 bits per heavy atom. The monoisotopic (exact) mass is 336 g/mol. The van der Waals surface area contributed by atoms with Crippen LogP contribution >= 0.6 is 30.3 Å². The van der Waals surface area contributed by atoms with Crippen LogP contribution in [0, 0.1) is 12.7 Å². The fourth-order valence-corrected chi connectivity index (χ4v) is 2.82. The molecule has 0 bridgehead atoms. The van der Waals surface area contributed by atoms with Gasteiger partial charge in [-0.3, -0.25) is 8.77 Å². The number of pyridine rings is 1. The first kappa shape index (κ1) is 10.9. The highest BCUT2D eigenvalue weighted by Gasteiger charge is 2.14. The van der Waals surface area contributed by atoms with Gasteiger partial charge in [0.2, 0.25) is 0 Å². The number of hydrogen-bond acceptors (Lipinski definition) is 3. The third kappa shape index (κ3) is 1.65. The van der Waals surface area contributed by atoms with E-state index in [0.717, 1.165) is 11.8 Å². The van der Waals surface area contributed by atoms with Crippen molar-refractivity contribution in [3.8, 4) is 0 Å². The average Bonchev–Trinajstić information content (AvgIpc) is 2.56. The highest BCUT2D eigenvalue weighted by atomic mass is 127. The maximum absolute atomic E-state index is 13.3. The standard InChI is InChI=1S/C9H6FIN2OS/c1-5-3-13(15-11)9-8(5)6(4-14)7(10)2-12-9/h2-4H,1H3. The van der Waals surface area contributed by atoms with Crippen LogP contribution in [0.3, 0.4) is 0 Å². The lowest BCUT2D eigenvalue weighted by Crippen LogP contribution is -1.93. The van der Waals surface area contributed by atoms with E-state index < -0.39 is 5.82 Å². The van der Waals surface area contributed by atoms with Crippen LogP contribution in [0.2, 0.25) is 0 Å². The molecule has 2 aromatic rings. The van der Waals surface area contributed by atoms with Crippen molar-refractivity contribution in [3.05, 3.63) is 29.3 Å². The molecule has 0 fully saturated rings. The number of carbonyl (C=O) groups excluding carboxylic acids is 1. The minimum Gasteiger partial charge on any atom is -0.298 e. The summed E-state index contributed by atoms with van der Waals surface area (Å²) in [5.74, 6) is -0.572. The Morgan fingerprint density at radius 3 is 3.00 bits per heavy atom. The SMILES string of the molecule is Cc1cn(SI)c2ncc(F)c(C=O)c12. The van der Waals surface area contributed by atoms with Crippen LogP contribution in [-0.4, -0.2) is 15.2 Å². The van der Waals surface area contributed by atoms with E-state index in [0.29, 0.717) is 17.3 Å². The van der Waals surface area contributed by atoms with Crippen LogP contribution in [0.4, 0.5) is 4.39 Å². The lowest BCUT2D eigenvalue weighted by atomic mass is 10.1. The van der Waals surface area contributed by atoms with Crippen LogP contribution in [0.25, 0.3) is 11.0 Å². The van der Waals surface area contributed by atoms with Gasteiger partial charge in [-0.05, 0) is 12.5 Å². The second-order valence-electron chi connectivity index (χ2n) is 3.04. The number of halogens is 2. The van der Waals surface area contributed by atoms with Gasteiger partial charge in [0.25, 0.3) is 0 Å². The van der Waals surface area contributed by atoms with Crippen molar-refractivity contribution in [1.29, 1.82) is 0 Å². The van der Waals surface area contributed by atoms with E-state index in [9.17, 15) is 9.18 Å². The van der Waals surface area contributed by atoms with Crippen LogP contribution in [0.5, 0.6) is 0 Å². The molecule has 0 amide bonds. The van der Waals surface area contributed by atoms with Crippen molar-refractivity contribution in [2.75, 3.05) is 0 Å². The Labute approximate surface area is 102 Å². The topological polar surface area (TPSA) is 34.9 Å². The first-order valence-electron chi connectivity index (χ1n) is 4.09. The third-order valence-electron chi connectivity index (χ3n) is 2.16. The molecule has 78 valence electrons. The smallest absolute Gasteiger partial charge is 0.153 e. The molecule has 0 radical (unpaired) electrons. The average molecular weight is 336 g/mol. The number of rotatable bonds is 2. The molecule has 0 aliphatic carbocycles. The summed E-state index contributed by atoms with van der Waals surface area (Å²) in [7, 11) is 1.43. The molecule has 0 saturated carbocycles. The second-order valence-corrected chi connectivity index (χ2v) is 4.76. The number of aryl methyl sites for hydroxylation is 1. The Hall–Kier alpha value is -0.630.